The highest BCUT2D eigenvalue weighted by Gasteiger charge is 2.35. The van der Waals surface area contributed by atoms with Crippen LogP contribution in [0, 0.1) is 0 Å². The summed E-state index contributed by atoms with van der Waals surface area (Å²) in [7, 11) is 0. The summed E-state index contributed by atoms with van der Waals surface area (Å²) in [6.45, 7) is 29.4. The van der Waals surface area contributed by atoms with Gasteiger partial charge in [-0.3, -0.25) is 43.2 Å². The molecular formula is C103H159N17O25. The summed E-state index contributed by atoms with van der Waals surface area (Å²) in [6.07, 6.45) is -0.987. The summed E-state index contributed by atoms with van der Waals surface area (Å²) in [4.78, 5) is 242. The van der Waals surface area contributed by atoms with E-state index in [1.165, 1.54) is 0 Å². The van der Waals surface area contributed by atoms with Gasteiger partial charge in [-0.2, -0.15) is 11.0 Å². The molecule has 7 unspecified atom stereocenters. The Morgan fingerprint density at radius 3 is 0.745 bits per heavy atom. The van der Waals surface area contributed by atoms with E-state index >= 15 is 0 Å². The molecule has 0 saturated carbocycles. The molecule has 0 saturated heterocycles. The fourth-order valence-corrected chi connectivity index (χ4v) is 13.9. The summed E-state index contributed by atoms with van der Waals surface area (Å²) in [6, 6.07) is 25.2. The third-order valence-corrected chi connectivity index (χ3v) is 20.6. The van der Waals surface area contributed by atoms with E-state index in [2.05, 4.69) is 90.7 Å². The second-order valence-corrected chi connectivity index (χ2v) is 40.8. The van der Waals surface area contributed by atoms with Gasteiger partial charge in [-0.15, -0.1) is 0 Å². The summed E-state index contributed by atoms with van der Waals surface area (Å²) in [5.41, 5.74) is 1.97. The molecule has 7 atom stereocenters. The monoisotopic (exact) mass is 2030 g/mol. The second-order valence-electron chi connectivity index (χ2n) is 40.8. The van der Waals surface area contributed by atoms with Crippen molar-refractivity contribution < 1.29 is 120 Å². The van der Waals surface area contributed by atoms with Crippen LogP contribution in [0.4, 0.5) is 28.8 Å². The van der Waals surface area contributed by atoms with Gasteiger partial charge < -0.3 is 118 Å². The molecule has 145 heavy (non-hydrogen) atoms. The van der Waals surface area contributed by atoms with Crippen molar-refractivity contribution in [1.82, 2.24) is 90.7 Å². The Morgan fingerprint density at radius 2 is 0.448 bits per heavy atom. The van der Waals surface area contributed by atoms with E-state index in [4.69, 9.17) is 38.1 Å². The molecule has 4 aromatic carbocycles. The number of benzene rings is 4. The normalized spacial score (nSPS) is 13.0. The molecule has 0 spiro atoms. The Bertz CT molecular complexity index is 4670. The van der Waals surface area contributed by atoms with Gasteiger partial charge in [0.25, 0.3) is 0 Å². The van der Waals surface area contributed by atoms with Crippen LogP contribution in [0.1, 0.15) is 297 Å². The number of amides is 15. The maximum atomic E-state index is 14.9. The van der Waals surface area contributed by atoms with Gasteiger partial charge in [-0.05, 0) is 295 Å². The molecule has 4 aromatic rings. The molecule has 15 amide bonds. The average molecular weight is 2040 g/mol. The lowest BCUT2D eigenvalue weighted by Gasteiger charge is -2.26. The smallest absolute Gasteiger partial charge is 0.408 e. The van der Waals surface area contributed by atoms with Crippen molar-refractivity contribution in [3.8, 4) is 0 Å². The number of carbonyl (C=O) groups is 17. The van der Waals surface area contributed by atoms with E-state index in [-0.39, 0.29) is 142 Å². The SMILES string of the molecule is CC(C)(C)OC(=O)NCCCCC(NC(=O)OC(C)(C)C)C(=O)NC(CCCCNC(=O)C(CCCCNOC(=O)c1ccccc1)NC(=O)OC(C)(C)C)C(=O)NCC(=O)NCCCCC(NC(=O)CNC(=O)C(CCCCNC(=O)C(CCCCNOC(=O)c1ccccc1)NC(=O)OC(C)(C)C)NC(=O)C(CCCCNC(=O)OC(C)(C)C)NC(=O)OC(C)(C)C)C(=O)NC(c1ccccc1)c1ccccc1. The maximum Gasteiger partial charge on any atom is 0.408 e. The third-order valence-electron chi connectivity index (χ3n) is 20.6. The zero-order valence-electron chi connectivity index (χ0n) is 87.6. The molecule has 0 aliphatic carbocycles. The first-order chi connectivity index (χ1) is 68.2. The molecule has 42 heteroatoms. The molecular weight excluding hydrogens is 1880 g/mol. The van der Waals surface area contributed by atoms with Gasteiger partial charge in [0.1, 0.15) is 75.9 Å². The zero-order chi connectivity index (χ0) is 108. The standard InChI is InChI=1S/C103H159N17O25/c1-98(2,3)138-92(132)107-63-41-34-58-78(118-96(136)142-102(13,14)15)87(127)114-73(53-32-39-61-105-83(123)75(116-94(134)140-100(7,8)9)55-36-43-65-111-144-90(130)71-49-27-21-28-50-71)85(125)109-67-80(121)104-60-38-31-57-77(89(129)120-82(69-45-23-19-24-46-69)70-47-25-20-26-48-70)113-81(122)68-110-86(126)74(115-88(128)79(119-97(137)143-103(16,17)18)59-35-42-64-108-93(133)139-99(4,5)6)54-33-40-62-106-84(124)76(117-95(135)141-101(10,11)12)56-37-44-66-112-145-91(131)72-51-29-22-30-52-72/h19-30,45-52,73-79,82,111-112H,31-44,53-68H2,1-18H3,(H,104,121)(H,105,123)(H,106,124)(H,107,132)(H,108,133)(H,109,125)(H,110,126)(H,113,122)(H,114,127)(H,115,128)(H,116,134)(H,117,135)(H,118,136)(H,119,137)(H,120,129). The first kappa shape index (κ1) is 124. The fourth-order valence-electron chi connectivity index (χ4n) is 13.9. The summed E-state index contributed by atoms with van der Waals surface area (Å²) < 4.78 is 32.7. The van der Waals surface area contributed by atoms with E-state index in [0.717, 1.165) is 0 Å². The minimum absolute atomic E-state index is 0.00318. The molecule has 0 heterocycles. The Morgan fingerprint density at radius 1 is 0.221 bits per heavy atom. The zero-order valence-corrected chi connectivity index (χ0v) is 87.6. The maximum absolute atomic E-state index is 14.9. The van der Waals surface area contributed by atoms with Crippen molar-refractivity contribution in [2.24, 2.45) is 0 Å². The van der Waals surface area contributed by atoms with Gasteiger partial charge in [-0.25, -0.2) is 38.4 Å². The van der Waals surface area contributed by atoms with Crippen molar-refractivity contribution in [3.63, 3.8) is 0 Å². The molecule has 806 valence electrons. The number of nitrogens with one attached hydrogen (secondary N) is 17. The molecule has 0 radical (unpaired) electrons. The minimum Gasteiger partial charge on any atom is -0.444 e. The molecule has 42 nitrogen and oxygen atoms in total. The van der Waals surface area contributed by atoms with Gasteiger partial charge in [0.05, 0.1) is 30.3 Å². The Labute approximate surface area is 851 Å². The lowest BCUT2D eigenvalue weighted by atomic mass is 9.98. The predicted molar refractivity (Wildman–Crippen MR) is 541 cm³/mol. The number of alkyl carbamates (subject to hydrolysis) is 6. The Hall–Kier alpha value is -13.4. The first-order valence-corrected chi connectivity index (χ1v) is 49.8. The van der Waals surface area contributed by atoms with Crippen LogP contribution < -0.4 is 90.7 Å². The van der Waals surface area contributed by atoms with E-state index in [1.54, 1.807) is 210 Å². The van der Waals surface area contributed by atoms with Gasteiger partial charge in [0.2, 0.25) is 53.2 Å². The van der Waals surface area contributed by atoms with E-state index in [1.807, 2.05) is 36.4 Å². The lowest BCUT2D eigenvalue weighted by molar-refractivity contribution is -0.132. The van der Waals surface area contributed by atoms with Crippen LogP contribution in [-0.2, 0) is 81.2 Å². The predicted octanol–water partition coefficient (Wildman–Crippen LogP) is 10.5. The van der Waals surface area contributed by atoms with Crippen LogP contribution in [0.15, 0.2) is 121 Å². The molecule has 0 bridgehead atoms. The summed E-state index contributed by atoms with van der Waals surface area (Å²) in [5, 5.41) is 40.7. The molecule has 0 aliphatic heterocycles. The summed E-state index contributed by atoms with van der Waals surface area (Å²) in [5.74, 6) is -7.74. The van der Waals surface area contributed by atoms with E-state index in [0.29, 0.717) is 60.8 Å². The second kappa shape index (κ2) is 64.4. The first-order valence-electron chi connectivity index (χ1n) is 49.8. The Kier molecular flexibility index (Phi) is 55.0. The number of rotatable bonds is 60. The molecule has 17 N–H and O–H groups in total. The minimum atomic E-state index is -1.42. The van der Waals surface area contributed by atoms with Crippen LogP contribution in [0.25, 0.3) is 0 Å². The Balaban J connectivity index is 1.59. The molecule has 0 fully saturated rings. The number of hydrogen-bond acceptors (Lipinski definition) is 27. The van der Waals surface area contributed by atoms with Crippen LogP contribution >= 0.6 is 0 Å². The van der Waals surface area contributed by atoms with Gasteiger partial charge in [-0.1, -0.05) is 97.1 Å². The quantitative estimate of drug-likeness (QED) is 0.0111. The van der Waals surface area contributed by atoms with E-state index in [9.17, 15) is 81.5 Å². The van der Waals surface area contributed by atoms with Crippen molar-refractivity contribution >= 4 is 102 Å². The van der Waals surface area contributed by atoms with Gasteiger partial charge >= 0.3 is 48.5 Å². The lowest BCUT2D eigenvalue weighted by Crippen LogP contribution is -2.55. The molecule has 4 rings (SSSR count). The number of carbonyl (C=O) groups excluding carboxylic acids is 17. The van der Waals surface area contributed by atoms with Crippen LogP contribution in [0.2, 0.25) is 0 Å². The molecule has 0 aromatic heterocycles. The highest BCUT2D eigenvalue weighted by atomic mass is 16.7. The molecule has 0 aliphatic rings. The number of hydroxylamine groups is 2. The summed E-state index contributed by atoms with van der Waals surface area (Å²) >= 11 is 0. The largest absolute Gasteiger partial charge is 0.444 e. The van der Waals surface area contributed by atoms with Gasteiger partial charge in [0.15, 0.2) is 0 Å². The van der Waals surface area contributed by atoms with E-state index < -0.39 is 197 Å². The number of hydrogen-bond donors (Lipinski definition) is 17. The van der Waals surface area contributed by atoms with Crippen molar-refractivity contribution in [2.75, 3.05) is 58.9 Å². The highest BCUT2D eigenvalue weighted by Crippen LogP contribution is 2.24. The highest BCUT2D eigenvalue weighted by molar-refractivity contribution is 5.96. The topological polar surface area (TPSA) is 569 Å². The van der Waals surface area contributed by atoms with Crippen LogP contribution in [0.5, 0.6) is 0 Å². The van der Waals surface area contributed by atoms with Crippen LogP contribution in [-0.4, -0.2) is 236 Å². The van der Waals surface area contributed by atoms with Crippen molar-refractivity contribution in [1.29, 1.82) is 0 Å². The van der Waals surface area contributed by atoms with Crippen molar-refractivity contribution in [3.05, 3.63) is 144 Å². The number of unbranched alkanes of at least 4 members (excludes halogenated alkanes) is 7. The average Bonchev–Trinajstić information content (AvgIpc) is 0.833. The fraction of sp³-hybridized carbons (Fsp3) is 0.602. The third kappa shape index (κ3) is 58.2. The van der Waals surface area contributed by atoms with Crippen LogP contribution in [0.3, 0.4) is 0 Å². The van der Waals surface area contributed by atoms with Gasteiger partial charge in [0, 0.05) is 45.8 Å². The number of ether oxygens (including phenoxy) is 6. The van der Waals surface area contributed by atoms with Crippen molar-refractivity contribution in [2.45, 2.75) is 341 Å².